The molecule has 0 bridgehead atoms. The van der Waals surface area contributed by atoms with Gasteiger partial charge in [0.05, 0.1) is 10.6 Å². The van der Waals surface area contributed by atoms with Crippen LogP contribution >= 0.6 is 0 Å². The zero-order chi connectivity index (χ0) is 16.3. The summed E-state index contributed by atoms with van der Waals surface area (Å²) in [5.74, 6) is -0.290. The molecule has 0 aromatic heterocycles. The van der Waals surface area contributed by atoms with Gasteiger partial charge in [-0.3, -0.25) is 19.7 Å². The molecular weight excluding hydrogens is 284 g/mol. The molecule has 0 aliphatic rings. The SMILES string of the molecule is CN(C)c1c(C(=O)c2ccccc2)ccc([N+](=O)[O-])c1C=O. The van der Waals surface area contributed by atoms with Crippen LogP contribution in [0.25, 0.3) is 0 Å². The minimum absolute atomic E-state index is 0.100. The second-order valence-electron chi connectivity index (χ2n) is 4.86. The minimum Gasteiger partial charge on any atom is -0.376 e. The molecule has 0 amide bonds. The van der Waals surface area contributed by atoms with Crippen molar-refractivity contribution in [2.75, 3.05) is 19.0 Å². The maximum atomic E-state index is 12.6. The van der Waals surface area contributed by atoms with Crippen LogP contribution < -0.4 is 4.90 Å². The molecule has 2 aromatic rings. The van der Waals surface area contributed by atoms with Gasteiger partial charge in [-0.15, -0.1) is 0 Å². The van der Waals surface area contributed by atoms with Crippen LogP contribution in [0, 0.1) is 10.1 Å². The van der Waals surface area contributed by atoms with E-state index in [9.17, 15) is 19.7 Å². The second-order valence-corrected chi connectivity index (χ2v) is 4.86. The molecule has 2 rings (SSSR count). The van der Waals surface area contributed by atoms with Crippen LogP contribution in [0.2, 0.25) is 0 Å². The first kappa shape index (κ1) is 15.4. The van der Waals surface area contributed by atoms with Gasteiger partial charge in [0.1, 0.15) is 5.56 Å². The van der Waals surface area contributed by atoms with E-state index in [2.05, 4.69) is 0 Å². The van der Waals surface area contributed by atoms with Gasteiger partial charge in [-0.1, -0.05) is 30.3 Å². The molecule has 0 N–H and O–H groups in total. The lowest BCUT2D eigenvalue weighted by Gasteiger charge is -2.19. The highest BCUT2D eigenvalue weighted by Gasteiger charge is 2.25. The van der Waals surface area contributed by atoms with E-state index in [0.717, 1.165) is 0 Å². The molecule has 6 nitrogen and oxygen atoms in total. The zero-order valence-corrected chi connectivity index (χ0v) is 12.1. The monoisotopic (exact) mass is 298 g/mol. The molecule has 2 aromatic carbocycles. The van der Waals surface area contributed by atoms with E-state index < -0.39 is 4.92 Å². The number of anilines is 1. The molecule has 112 valence electrons. The third-order valence-electron chi connectivity index (χ3n) is 3.24. The number of hydrogen-bond donors (Lipinski definition) is 0. The quantitative estimate of drug-likeness (QED) is 0.367. The normalized spacial score (nSPS) is 10.1. The van der Waals surface area contributed by atoms with Crippen molar-refractivity contribution in [2.24, 2.45) is 0 Å². The van der Waals surface area contributed by atoms with Crippen molar-refractivity contribution in [3.05, 3.63) is 69.3 Å². The van der Waals surface area contributed by atoms with E-state index >= 15 is 0 Å². The van der Waals surface area contributed by atoms with Gasteiger partial charge in [0.25, 0.3) is 5.69 Å². The van der Waals surface area contributed by atoms with Crippen LogP contribution in [0.1, 0.15) is 26.3 Å². The first-order chi connectivity index (χ1) is 10.5. The van der Waals surface area contributed by atoms with Crippen LogP contribution in [0.3, 0.4) is 0 Å². The maximum absolute atomic E-state index is 12.6. The van der Waals surface area contributed by atoms with Crippen molar-refractivity contribution >= 4 is 23.4 Å². The van der Waals surface area contributed by atoms with E-state index in [1.54, 1.807) is 44.4 Å². The molecule has 0 radical (unpaired) electrons. The Bertz CT molecular complexity index is 739. The number of nitro groups is 1. The van der Waals surface area contributed by atoms with Crippen molar-refractivity contribution < 1.29 is 14.5 Å². The van der Waals surface area contributed by atoms with E-state index in [4.69, 9.17) is 0 Å². The Kier molecular flexibility index (Phi) is 4.31. The first-order valence-electron chi connectivity index (χ1n) is 6.51. The summed E-state index contributed by atoms with van der Waals surface area (Å²) in [6.07, 6.45) is 0.412. The van der Waals surface area contributed by atoms with Crippen molar-refractivity contribution in [1.29, 1.82) is 0 Å². The Balaban J connectivity index is 2.69. The van der Waals surface area contributed by atoms with Crippen LogP contribution in [0.4, 0.5) is 11.4 Å². The number of nitro benzene ring substituents is 1. The number of ketones is 1. The summed E-state index contributed by atoms with van der Waals surface area (Å²) >= 11 is 0. The summed E-state index contributed by atoms with van der Waals surface area (Å²) < 4.78 is 0. The van der Waals surface area contributed by atoms with Crippen molar-refractivity contribution in [1.82, 2.24) is 0 Å². The van der Waals surface area contributed by atoms with E-state index in [-0.39, 0.29) is 28.3 Å². The molecule has 0 heterocycles. The predicted molar refractivity (Wildman–Crippen MR) is 82.7 cm³/mol. The fourth-order valence-electron chi connectivity index (χ4n) is 2.28. The Morgan fingerprint density at radius 2 is 1.77 bits per heavy atom. The van der Waals surface area contributed by atoms with E-state index in [0.29, 0.717) is 11.8 Å². The summed E-state index contributed by atoms with van der Waals surface area (Å²) in [7, 11) is 3.27. The van der Waals surface area contributed by atoms with Crippen molar-refractivity contribution in [2.45, 2.75) is 0 Å². The largest absolute Gasteiger partial charge is 0.376 e. The van der Waals surface area contributed by atoms with Crippen LogP contribution in [0.15, 0.2) is 42.5 Å². The fourth-order valence-corrected chi connectivity index (χ4v) is 2.28. The molecule has 0 saturated carbocycles. The Morgan fingerprint density at radius 1 is 1.14 bits per heavy atom. The average molecular weight is 298 g/mol. The number of benzene rings is 2. The molecule has 0 aliphatic carbocycles. The molecule has 0 spiro atoms. The van der Waals surface area contributed by atoms with Gasteiger partial charge in [0.2, 0.25) is 0 Å². The molecule has 0 atom stereocenters. The zero-order valence-electron chi connectivity index (χ0n) is 12.1. The Hall–Kier alpha value is -3.02. The van der Waals surface area contributed by atoms with Gasteiger partial charge < -0.3 is 4.90 Å². The van der Waals surface area contributed by atoms with Gasteiger partial charge in [-0.05, 0) is 6.07 Å². The van der Waals surface area contributed by atoms with Gasteiger partial charge in [-0.25, -0.2) is 0 Å². The standard InChI is InChI=1S/C16H14N2O4/c1-17(2)15-12(16(20)11-6-4-3-5-7-11)8-9-14(18(21)22)13(15)10-19/h3-10H,1-2H3. The Labute approximate surface area is 127 Å². The predicted octanol–water partition coefficient (Wildman–Crippen LogP) is 2.70. The third kappa shape index (κ3) is 2.71. The molecular formula is C16H14N2O4. The number of hydrogen-bond acceptors (Lipinski definition) is 5. The van der Waals surface area contributed by atoms with Crippen LogP contribution in [-0.4, -0.2) is 31.1 Å². The highest BCUT2D eigenvalue weighted by atomic mass is 16.6. The molecule has 0 aliphatic heterocycles. The number of aldehydes is 1. The van der Waals surface area contributed by atoms with Gasteiger partial charge in [0.15, 0.2) is 12.1 Å². The fraction of sp³-hybridized carbons (Fsp3) is 0.125. The summed E-state index contributed by atoms with van der Waals surface area (Å²) in [5.41, 5.74) is 0.540. The third-order valence-corrected chi connectivity index (χ3v) is 3.24. The molecule has 0 saturated heterocycles. The number of carbonyl (C=O) groups excluding carboxylic acids is 2. The molecule has 22 heavy (non-hydrogen) atoms. The lowest BCUT2D eigenvalue weighted by molar-refractivity contribution is -0.385. The summed E-state index contributed by atoms with van der Waals surface area (Å²) in [5, 5.41) is 11.0. The van der Waals surface area contributed by atoms with Crippen LogP contribution in [-0.2, 0) is 0 Å². The number of rotatable bonds is 5. The summed E-state index contributed by atoms with van der Waals surface area (Å²) in [4.78, 5) is 35.9. The van der Waals surface area contributed by atoms with E-state index in [1.807, 2.05) is 0 Å². The van der Waals surface area contributed by atoms with Gasteiger partial charge in [0, 0.05) is 31.3 Å². The van der Waals surface area contributed by atoms with Gasteiger partial charge in [-0.2, -0.15) is 0 Å². The smallest absolute Gasteiger partial charge is 0.282 e. The molecule has 0 unspecified atom stereocenters. The Morgan fingerprint density at radius 3 is 2.27 bits per heavy atom. The molecule has 0 fully saturated rings. The van der Waals surface area contributed by atoms with Crippen LogP contribution in [0.5, 0.6) is 0 Å². The second kappa shape index (κ2) is 6.17. The minimum atomic E-state index is -0.631. The lowest BCUT2D eigenvalue weighted by atomic mass is 9.97. The lowest BCUT2D eigenvalue weighted by Crippen LogP contribution is -2.17. The van der Waals surface area contributed by atoms with Gasteiger partial charge >= 0.3 is 0 Å². The molecule has 6 heteroatoms. The van der Waals surface area contributed by atoms with E-state index in [1.165, 1.54) is 17.0 Å². The summed E-state index contributed by atoms with van der Waals surface area (Å²) in [6.45, 7) is 0. The maximum Gasteiger partial charge on any atom is 0.282 e. The highest BCUT2D eigenvalue weighted by molar-refractivity contribution is 6.14. The van der Waals surface area contributed by atoms with Crippen molar-refractivity contribution in [3.63, 3.8) is 0 Å². The van der Waals surface area contributed by atoms with Crippen molar-refractivity contribution in [3.8, 4) is 0 Å². The number of carbonyl (C=O) groups is 2. The number of nitrogens with zero attached hydrogens (tertiary/aromatic N) is 2. The summed E-state index contributed by atoms with van der Waals surface area (Å²) in [6, 6.07) is 11.1. The highest BCUT2D eigenvalue weighted by Crippen LogP contribution is 2.32. The topological polar surface area (TPSA) is 80.5 Å². The average Bonchev–Trinajstić information content (AvgIpc) is 2.53. The first-order valence-corrected chi connectivity index (χ1v) is 6.51.